The van der Waals surface area contributed by atoms with E-state index in [1.807, 2.05) is 13.0 Å². The van der Waals surface area contributed by atoms with E-state index in [1.165, 1.54) is 6.07 Å². The lowest BCUT2D eigenvalue weighted by Crippen LogP contribution is -2.32. The molecule has 24 heavy (non-hydrogen) atoms. The van der Waals surface area contributed by atoms with Crippen LogP contribution in [0.3, 0.4) is 0 Å². The molecule has 2 rings (SSSR count). The van der Waals surface area contributed by atoms with E-state index in [4.69, 9.17) is 9.47 Å². The molecule has 0 saturated heterocycles. The summed E-state index contributed by atoms with van der Waals surface area (Å²) in [6.45, 7) is 2.80. The maximum absolute atomic E-state index is 13.4. The Kier molecular flexibility index (Phi) is 6.36. The second kappa shape index (κ2) is 8.71. The second-order valence-corrected chi connectivity index (χ2v) is 4.73. The molecule has 0 radical (unpaired) electrons. The number of hydrogen-bond donors (Lipinski definition) is 2. The molecule has 128 valence electrons. The molecular formula is C17H18F2N2O3. The number of benzene rings is 2. The molecule has 0 aliphatic heterocycles. The topological polar surface area (TPSA) is 59.6 Å². The zero-order valence-corrected chi connectivity index (χ0v) is 13.1. The third kappa shape index (κ3) is 5.12. The van der Waals surface area contributed by atoms with Crippen LogP contribution in [0, 0.1) is 11.6 Å². The third-order valence-electron chi connectivity index (χ3n) is 2.97. The van der Waals surface area contributed by atoms with Gasteiger partial charge in [0.05, 0.1) is 13.2 Å². The van der Waals surface area contributed by atoms with Crippen molar-refractivity contribution in [2.45, 2.75) is 6.92 Å². The first-order chi connectivity index (χ1) is 11.6. The maximum atomic E-state index is 13.4. The molecule has 2 amide bonds. The van der Waals surface area contributed by atoms with Crippen molar-refractivity contribution < 1.29 is 23.0 Å². The van der Waals surface area contributed by atoms with Crippen molar-refractivity contribution in [1.29, 1.82) is 0 Å². The van der Waals surface area contributed by atoms with E-state index in [9.17, 15) is 13.6 Å². The predicted octanol–water partition coefficient (Wildman–Crippen LogP) is 3.56. The van der Waals surface area contributed by atoms with Gasteiger partial charge in [-0.2, -0.15) is 0 Å². The highest BCUT2D eigenvalue weighted by Crippen LogP contribution is 2.19. The number of carbonyl (C=O) groups excluding carboxylic acids is 1. The molecule has 2 N–H and O–H groups in total. The molecule has 2 aromatic rings. The Balaban J connectivity index is 1.76. The number of halogens is 2. The number of para-hydroxylation sites is 1. The van der Waals surface area contributed by atoms with Crippen LogP contribution in [0.25, 0.3) is 0 Å². The summed E-state index contributed by atoms with van der Waals surface area (Å²) in [5, 5.41) is 4.58. The van der Waals surface area contributed by atoms with E-state index in [1.54, 1.807) is 18.2 Å². The Morgan fingerprint density at radius 1 is 1.04 bits per heavy atom. The van der Waals surface area contributed by atoms with Gasteiger partial charge < -0.3 is 20.1 Å². The fourth-order valence-corrected chi connectivity index (χ4v) is 1.93. The van der Waals surface area contributed by atoms with Crippen LogP contribution in [0.4, 0.5) is 19.3 Å². The molecule has 0 heterocycles. The Hall–Kier alpha value is -2.83. The van der Waals surface area contributed by atoms with E-state index in [0.717, 1.165) is 12.1 Å². The number of nitrogens with one attached hydrogen (secondary N) is 2. The van der Waals surface area contributed by atoms with Crippen LogP contribution in [0.2, 0.25) is 0 Å². The Bertz CT molecular complexity index is 675. The van der Waals surface area contributed by atoms with Crippen LogP contribution in [-0.2, 0) is 0 Å². The van der Waals surface area contributed by atoms with Gasteiger partial charge in [0, 0.05) is 6.07 Å². The quantitative estimate of drug-likeness (QED) is 0.760. The van der Waals surface area contributed by atoms with Crippen LogP contribution >= 0.6 is 0 Å². The van der Waals surface area contributed by atoms with Gasteiger partial charge in [0.25, 0.3) is 0 Å². The summed E-state index contributed by atoms with van der Waals surface area (Å²) < 4.78 is 37.6. The second-order valence-electron chi connectivity index (χ2n) is 4.73. The Morgan fingerprint density at radius 2 is 1.67 bits per heavy atom. The fraction of sp³-hybridized carbons (Fsp3) is 0.235. The minimum Gasteiger partial charge on any atom is -0.494 e. The smallest absolute Gasteiger partial charge is 0.319 e. The average molecular weight is 336 g/mol. The standard InChI is InChI=1S/C17H18F2N2O3/c1-2-23-12-5-3-6-13(11-12)24-10-9-20-17(22)21-16-14(18)7-4-8-15(16)19/h3-8,11H,2,9-10H2,1H3,(H2,20,21,22). The van der Waals surface area contributed by atoms with Gasteiger partial charge in [0.1, 0.15) is 35.4 Å². The number of hydrogen-bond acceptors (Lipinski definition) is 3. The van der Waals surface area contributed by atoms with E-state index in [2.05, 4.69) is 10.6 Å². The first-order valence-corrected chi connectivity index (χ1v) is 7.44. The van der Waals surface area contributed by atoms with Crippen molar-refractivity contribution >= 4 is 11.7 Å². The van der Waals surface area contributed by atoms with Crippen molar-refractivity contribution in [2.24, 2.45) is 0 Å². The summed E-state index contributed by atoms with van der Waals surface area (Å²) in [4.78, 5) is 11.6. The molecule has 0 bridgehead atoms. The normalized spacial score (nSPS) is 10.1. The lowest BCUT2D eigenvalue weighted by Gasteiger charge is -2.11. The largest absolute Gasteiger partial charge is 0.494 e. The summed E-state index contributed by atoms with van der Waals surface area (Å²) in [6.07, 6.45) is 0. The van der Waals surface area contributed by atoms with Gasteiger partial charge in [-0.15, -0.1) is 0 Å². The van der Waals surface area contributed by atoms with Crippen LogP contribution < -0.4 is 20.1 Å². The molecule has 5 nitrogen and oxygen atoms in total. The minimum atomic E-state index is -0.839. The molecule has 0 unspecified atom stereocenters. The molecule has 2 aromatic carbocycles. The van der Waals surface area contributed by atoms with Gasteiger partial charge in [-0.3, -0.25) is 0 Å². The third-order valence-corrected chi connectivity index (χ3v) is 2.97. The highest BCUT2D eigenvalue weighted by molar-refractivity contribution is 5.89. The number of urea groups is 1. The Labute approximate surface area is 138 Å². The molecule has 0 atom stereocenters. The SMILES string of the molecule is CCOc1cccc(OCCNC(=O)Nc2c(F)cccc2F)c1. The van der Waals surface area contributed by atoms with Crippen molar-refractivity contribution in [3.63, 3.8) is 0 Å². The summed E-state index contributed by atoms with van der Waals surface area (Å²) in [5.74, 6) is -0.387. The zero-order valence-electron chi connectivity index (χ0n) is 13.1. The first-order valence-electron chi connectivity index (χ1n) is 7.44. The first kappa shape index (κ1) is 17.5. The van der Waals surface area contributed by atoms with Crippen LogP contribution in [0.1, 0.15) is 6.92 Å². The predicted molar refractivity (Wildman–Crippen MR) is 86.5 cm³/mol. The Morgan fingerprint density at radius 3 is 2.33 bits per heavy atom. The van der Waals surface area contributed by atoms with Crippen LogP contribution in [0.15, 0.2) is 42.5 Å². The molecule has 0 spiro atoms. The molecule has 0 aliphatic carbocycles. The number of amides is 2. The van der Waals surface area contributed by atoms with E-state index in [-0.39, 0.29) is 13.2 Å². The number of carbonyl (C=O) groups is 1. The zero-order chi connectivity index (χ0) is 17.4. The minimum absolute atomic E-state index is 0.167. The van der Waals surface area contributed by atoms with Gasteiger partial charge in [-0.1, -0.05) is 12.1 Å². The number of anilines is 1. The van der Waals surface area contributed by atoms with Crippen LogP contribution in [-0.4, -0.2) is 25.8 Å². The highest BCUT2D eigenvalue weighted by Gasteiger charge is 2.11. The lowest BCUT2D eigenvalue weighted by atomic mass is 10.3. The van der Waals surface area contributed by atoms with E-state index in [0.29, 0.717) is 18.1 Å². The average Bonchev–Trinajstić information content (AvgIpc) is 2.56. The number of ether oxygens (including phenoxy) is 2. The fourth-order valence-electron chi connectivity index (χ4n) is 1.93. The van der Waals surface area contributed by atoms with Gasteiger partial charge in [-0.25, -0.2) is 13.6 Å². The summed E-state index contributed by atoms with van der Waals surface area (Å²) >= 11 is 0. The van der Waals surface area contributed by atoms with E-state index < -0.39 is 23.4 Å². The van der Waals surface area contributed by atoms with Crippen molar-refractivity contribution in [1.82, 2.24) is 5.32 Å². The van der Waals surface area contributed by atoms with Crippen LogP contribution in [0.5, 0.6) is 11.5 Å². The molecule has 0 fully saturated rings. The lowest BCUT2D eigenvalue weighted by molar-refractivity contribution is 0.247. The highest BCUT2D eigenvalue weighted by atomic mass is 19.1. The molecule has 0 aliphatic rings. The van der Waals surface area contributed by atoms with Crippen molar-refractivity contribution in [3.8, 4) is 11.5 Å². The monoisotopic (exact) mass is 336 g/mol. The summed E-state index contributed by atoms with van der Waals surface area (Å²) in [5.41, 5.74) is -0.486. The van der Waals surface area contributed by atoms with Gasteiger partial charge >= 0.3 is 6.03 Å². The van der Waals surface area contributed by atoms with Crippen molar-refractivity contribution in [2.75, 3.05) is 25.1 Å². The molecule has 7 heteroatoms. The molecule has 0 saturated carbocycles. The van der Waals surface area contributed by atoms with Gasteiger partial charge in [0.2, 0.25) is 0 Å². The van der Waals surface area contributed by atoms with E-state index >= 15 is 0 Å². The summed E-state index contributed by atoms with van der Waals surface area (Å²) in [7, 11) is 0. The maximum Gasteiger partial charge on any atom is 0.319 e. The van der Waals surface area contributed by atoms with Gasteiger partial charge in [0.15, 0.2) is 0 Å². The summed E-state index contributed by atoms with van der Waals surface area (Å²) in [6, 6.07) is 9.73. The van der Waals surface area contributed by atoms with Crippen molar-refractivity contribution in [3.05, 3.63) is 54.1 Å². The van der Waals surface area contributed by atoms with Gasteiger partial charge in [-0.05, 0) is 31.2 Å². The molecular weight excluding hydrogens is 318 g/mol. The molecule has 0 aromatic heterocycles. The number of rotatable bonds is 7.